The number of hydrogen-bond acceptors (Lipinski definition) is 2. The number of carbonyl (C=O) groups excluding carboxylic acids is 2. The van der Waals surface area contributed by atoms with Crippen molar-refractivity contribution < 1.29 is 9.59 Å². The van der Waals surface area contributed by atoms with Gasteiger partial charge in [-0.25, -0.2) is 0 Å². The van der Waals surface area contributed by atoms with E-state index in [-0.39, 0.29) is 17.2 Å². The summed E-state index contributed by atoms with van der Waals surface area (Å²) >= 11 is 6.01. The van der Waals surface area contributed by atoms with E-state index in [2.05, 4.69) is 5.32 Å². The Hall–Kier alpha value is -1.55. The average Bonchev–Trinajstić information content (AvgIpc) is 2.67. The van der Waals surface area contributed by atoms with Crippen LogP contribution in [0.25, 0.3) is 0 Å². The van der Waals surface area contributed by atoms with Crippen molar-refractivity contribution in [2.24, 2.45) is 0 Å². The first-order valence-corrected chi connectivity index (χ1v) is 6.24. The zero-order valence-electron chi connectivity index (χ0n) is 10.4. The van der Waals surface area contributed by atoms with Crippen LogP contribution in [0.4, 0.5) is 5.69 Å². The SMILES string of the molecule is CNC(=O)c1cccc(C)c1N1CC(Cl)CC1=O. The molecule has 1 aliphatic rings. The van der Waals surface area contributed by atoms with Crippen molar-refractivity contribution >= 4 is 29.1 Å². The molecule has 5 heteroatoms. The number of anilines is 1. The first-order valence-electron chi connectivity index (χ1n) is 5.80. The van der Waals surface area contributed by atoms with Crippen molar-refractivity contribution in [2.45, 2.75) is 18.7 Å². The summed E-state index contributed by atoms with van der Waals surface area (Å²) in [4.78, 5) is 25.4. The molecule has 0 saturated carbocycles. The summed E-state index contributed by atoms with van der Waals surface area (Å²) in [5, 5.41) is 2.40. The van der Waals surface area contributed by atoms with Crippen LogP contribution in [0.2, 0.25) is 0 Å². The number of nitrogens with one attached hydrogen (secondary N) is 1. The van der Waals surface area contributed by atoms with Gasteiger partial charge in [-0.1, -0.05) is 12.1 Å². The van der Waals surface area contributed by atoms with E-state index in [4.69, 9.17) is 11.6 Å². The minimum atomic E-state index is -0.195. The van der Waals surface area contributed by atoms with E-state index in [0.29, 0.717) is 24.2 Å². The predicted molar refractivity (Wildman–Crippen MR) is 71.2 cm³/mol. The van der Waals surface area contributed by atoms with Gasteiger partial charge < -0.3 is 10.2 Å². The minimum Gasteiger partial charge on any atom is -0.355 e. The lowest BCUT2D eigenvalue weighted by Crippen LogP contribution is -2.29. The highest BCUT2D eigenvalue weighted by Crippen LogP contribution is 2.30. The first-order chi connectivity index (χ1) is 8.54. The number of benzene rings is 1. The molecule has 1 unspecified atom stereocenters. The van der Waals surface area contributed by atoms with Crippen LogP contribution in [0.15, 0.2) is 18.2 Å². The molecule has 1 heterocycles. The molecule has 0 spiro atoms. The maximum absolute atomic E-state index is 11.9. The van der Waals surface area contributed by atoms with E-state index >= 15 is 0 Å². The summed E-state index contributed by atoms with van der Waals surface area (Å²) in [5.74, 6) is -0.228. The summed E-state index contributed by atoms with van der Waals surface area (Å²) < 4.78 is 0. The maximum atomic E-state index is 11.9. The lowest BCUT2D eigenvalue weighted by atomic mass is 10.1. The van der Waals surface area contributed by atoms with Gasteiger partial charge in [0, 0.05) is 20.0 Å². The largest absolute Gasteiger partial charge is 0.355 e. The number of rotatable bonds is 2. The fourth-order valence-electron chi connectivity index (χ4n) is 2.22. The number of halogens is 1. The number of nitrogens with zero attached hydrogens (tertiary/aromatic N) is 1. The van der Waals surface area contributed by atoms with Gasteiger partial charge in [0.05, 0.1) is 16.6 Å². The van der Waals surface area contributed by atoms with Crippen LogP contribution in [0.5, 0.6) is 0 Å². The van der Waals surface area contributed by atoms with Crippen LogP contribution in [0, 0.1) is 6.92 Å². The maximum Gasteiger partial charge on any atom is 0.253 e. The lowest BCUT2D eigenvalue weighted by Gasteiger charge is -2.21. The second-order valence-electron chi connectivity index (χ2n) is 4.36. The summed E-state index contributed by atoms with van der Waals surface area (Å²) in [6.45, 7) is 2.34. The molecule has 4 nitrogen and oxygen atoms in total. The van der Waals surface area contributed by atoms with Crippen molar-refractivity contribution in [1.29, 1.82) is 0 Å². The third-order valence-electron chi connectivity index (χ3n) is 3.06. The average molecular weight is 267 g/mol. The van der Waals surface area contributed by atoms with Crippen molar-refractivity contribution in [3.8, 4) is 0 Å². The Bertz CT molecular complexity index is 502. The summed E-state index contributed by atoms with van der Waals surface area (Å²) in [6, 6.07) is 5.41. The highest BCUT2D eigenvalue weighted by molar-refractivity contribution is 6.24. The van der Waals surface area contributed by atoms with Crippen molar-refractivity contribution in [3.05, 3.63) is 29.3 Å². The molecular weight excluding hydrogens is 252 g/mol. The molecule has 1 atom stereocenters. The van der Waals surface area contributed by atoms with Gasteiger partial charge in [0.15, 0.2) is 0 Å². The zero-order valence-corrected chi connectivity index (χ0v) is 11.1. The quantitative estimate of drug-likeness (QED) is 0.829. The molecule has 2 amide bonds. The van der Waals surface area contributed by atoms with E-state index in [1.807, 2.05) is 19.1 Å². The van der Waals surface area contributed by atoms with E-state index < -0.39 is 0 Å². The lowest BCUT2D eigenvalue weighted by molar-refractivity contribution is -0.117. The summed E-state index contributed by atoms with van der Waals surface area (Å²) in [6.07, 6.45) is 0.322. The van der Waals surface area contributed by atoms with Crippen LogP contribution in [-0.2, 0) is 4.79 Å². The molecule has 96 valence electrons. The minimum absolute atomic E-state index is 0.0329. The normalized spacial score (nSPS) is 19.2. The number of amides is 2. The zero-order chi connectivity index (χ0) is 13.3. The highest BCUT2D eigenvalue weighted by atomic mass is 35.5. The van der Waals surface area contributed by atoms with E-state index in [9.17, 15) is 9.59 Å². The second kappa shape index (κ2) is 4.98. The number of para-hydroxylation sites is 1. The van der Waals surface area contributed by atoms with E-state index in [0.717, 1.165) is 5.56 Å². The van der Waals surface area contributed by atoms with E-state index in [1.165, 1.54) is 0 Å². The van der Waals surface area contributed by atoms with Crippen molar-refractivity contribution in [1.82, 2.24) is 5.32 Å². The fourth-order valence-corrected chi connectivity index (χ4v) is 2.49. The smallest absolute Gasteiger partial charge is 0.253 e. The molecule has 0 aromatic heterocycles. The van der Waals surface area contributed by atoms with Gasteiger partial charge in [0.25, 0.3) is 5.91 Å². The molecule has 2 rings (SSSR count). The Labute approximate surface area is 111 Å². The molecule has 1 aliphatic heterocycles. The molecule has 1 aromatic rings. The van der Waals surface area contributed by atoms with Gasteiger partial charge >= 0.3 is 0 Å². The first kappa shape index (κ1) is 12.9. The Kier molecular flexibility index (Phi) is 3.57. The van der Waals surface area contributed by atoms with Crippen LogP contribution in [0.3, 0.4) is 0 Å². The third-order valence-corrected chi connectivity index (χ3v) is 3.35. The summed E-state index contributed by atoms with van der Waals surface area (Å²) in [7, 11) is 1.57. The van der Waals surface area contributed by atoms with Gasteiger partial charge in [-0.2, -0.15) is 0 Å². The number of aryl methyl sites for hydroxylation is 1. The van der Waals surface area contributed by atoms with Crippen molar-refractivity contribution in [3.63, 3.8) is 0 Å². The third kappa shape index (κ3) is 2.20. The Morgan fingerprint density at radius 2 is 2.22 bits per heavy atom. The second-order valence-corrected chi connectivity index (χ2v) is 4.97. The van der Waals surface area contributed by atoms with Gasteiger partial charge in [-0.3, -0.25) is 9.59 Å². The summed E-state index contributed by atoms with van der Waals surface area (Å²) in [5.41, 5.74) is 2.08. The van der Waals surface area contributed by atoms with Gasteiger partial charge in [0.2, 0.25) is 5.91 Å². The van der Waals surface area contributed by atoms with Crippen LogP contribution in [0.1, 0.15) is 22.3 Å². The van der Waals surface area contributed by atoms with Gasteiger partial charge in [-0.15, -0.1) is 11.6 Å². The molecular formula is C13H15ClN2O2. The molecule has 18 heavy (non-hydrogen) atoms. The molecule has 0 radical (unpaired) electrons. The van der Waals surface area contributed by atoms with Crippen LogP contribution in [-0.4, -0.2) is 30.8 Å². The Morgan fingerprint density at radius 1 is 1.50 bits per heavy atom. The highest BCUT2D eigenvalue weighted by Gasteiger charge is 2.32. The molecule has 1 saturated heterocycles. The molecule has 1 aromatic carbocycles. The topological polar surface area (TPSA) is 49.4 Å². The number of alkyl halides is 1. The molecule has 0 aliphatic carbocycles. The van der Waals surface area contributed by atoms with Crippen molar-refractivity contribution in [2.75, 3.05) is 18.5 Å². The van der Waals surface area contributed by atoms with Gasteiger partial charge in [0.1, 0.15) is 0 Å². The van der Waals surface area contributed by atoms with Crippen LogP contribution >= 0.6 is 11.6 Å². The van der Waals surface area contributed by atoms with Gasteiger partial charge in [-0.05, 0) is 18.6 Å². The molecule has 0 bridgehead atoms. The fraction of sp³-hybridized carbons (Fsp3) is 0.385. The molecule has 1 fully saturated rings. The monoisotopic (exact) mass is 266 g/mol. The Balaban J connectivity index is 2.49. The number of carbonyl (C=O) groups is 2. The molecule has 1 N–H and O–H groups in total. The Morgan fingerprint density at radius 3 is 2.78 bits per heavy atom. The standard InChI is InChI=1S/C13H15ClN2O2/c1-8-4-3-5-10(13(18)15-2)12(8)16-7-9(14)6-11(16)17/h3-5,9H,6-7H2,1-2H3,(H,15,18). The van der Waals surface area contributed by atoms with Crippen LogP contribution < -0.4 is 10.2 Å². The predicted octanol–water partition coefficient (Wildman–Crippen LogP) is 1.70. The number of hydrogen-bond donors (Lipinski definition) is 1. The van der Waals surface area contributed by atoms with E-state index in [1.54, 1.807) is 18.0 Å².